The van der Waals surface area contributed by atoms with Crippen LogP contribution in [0.3, 0.4) is 0 Å². The van der Waals surface area contributed by atoms with Crippen LogP contribution in [0.15, 0.2) is 0 Å². The van der Waals surface area contributed by atoms with Gasteiger partial charge in [-0.1, -0.05) is 27.2 Å². The van der Waals surface area contributed by atoms with Gasteiger partial charge in [0.15, 0.2) is 0 Å². The second kappa shape index (κ2) is 5.21. The molecule has 0 N–H and O–H groups in total. The molecule has 0 aliphatic carbocycles. The van der Waals surface area contributed by atoms with E-state index in [0.29, 0.717) is 18.9 Å². The van der Waals surface area contributed by atoms with Crippen molar-refractivity contribution in [1.82, 2.24) is 4.90 Å². The largest absolute Gasteiger partial charge is 0.282 e. The Morgan fingerprint density at radius 3 is 2.44 bits per heavy atom. The molecule has 0 saturated carbocycles. The topological polar surface area (TPSA) is 37.4 Å². The van der Waals surface area contributed by atoms with Gasteiger partial charge in [-0.3, -0.25) is 14.5 Å². The first-order chi connectivity index (χ1) is 7.42. The molecule has 92 valence electrons. The van der Waals surface area contributed by atoms with Crippen LogP contribution < -0.4 is 0 Å². The van der Waals surface area contributed by atoms with Gasteiger partial charge < -0.3 is 0 Å². The fourth-order valence-electron chi connectivity index (χ4n) is 2.12. The Morgan fingerprint density at radius 2 is 2.06 bits per heavy atom. The maximum absolute atomic E-state index is 12.0. The van der Waals surface area contributed by atoms with Crippen LogP contribution >= 0.6 is 12.6 Å². The van der Waals surface area contributed by atoms with E-state index in [4.69, 9.17) is 0 Å². The highest BCUT2D eigenvalue weighted by Gasteiger charge is 2.44. The van der Waals surface area contributed by atoms with Crippen molar-refractivity contribution in [2.24, 2.45) is 11.3 Å². The Balaban J connectivity index is 2.67. The van der Waals surface area contributed by atoms with Crippen molar-refractivity contribution in [1.29, 1.82) is 0 Å². The molecule has 0 aromatic rings. The number of nitrogens with zero attached hydrogens (tertiary/aromatic N) is 1. The summed E-state index contributed by atoms with van der Waals surface area (Å²) in [5.74, 6) is 0.999. The normalized spacial score (nSPS) is 21.6. The number of imide groups is 1. The van der Waals surface area contributed by atoms with Crippen LogP contribution in [-0.2, 0) is 9.59 Å². The summed E-state index contributed by atoms with van der Waals surface area (Å²) in [5.41, 5.74) is -0.509. The van der Waals surface area contributed by atoms with Crippen LogP contribution in [0.2, 0.25) is 0 Å². The third kappa shape index (κ3) is 2.78. The molecule has 1 aliphatic rings. The van der Waals surface area contributed by atoms with Gasteiger partial charge in [-0.05, 0) is 18.1 Å². The Kier molecular flexibility index (Phi) is 4.42. The molecule has 1 aliphatic heterocycles. The highest BCUT2D eigenvalue weighted by atomic mass is 32.1. The number of thiol groups is 1. The molecule has 4 heteroatoms. The summed E-state index contributed by atoms with van der Waals surface area (Å²) in [4.78, 5) is 25.1. The molecule has 1 unspecified atom stereocenters. The van der Waals surface area contributed by atoms with E-state index in [1.54, 1.807) is 0 Å². The van der Waals surface area contributed by atoms with E-state index in [9.17, 15) is 9.59 Å². The first-order valence-corrected chi connectivity index (χ1v) is 6.51. The second-order valence-corrected chi connectivity index (χ2v) is 5.57. The number of rotatable bonds is 5. The number of amides is 2. The maximum Gasteiger partial charge on any atom is 0.235 e. The van der Waals surface area contributed by atoms with Gasteiger partial charge in [0, 0.05) is 13.0 Å². The summed E-state index contributed by atoms with van der Waals surface area (Å²) < 4.78 is 0. The molecule has 0 aromatic heterocycles. The summed E-state index contributed by atoms with van der Waals surface area (Å²) in [6.45, 7) is 6.32. The van der Waals surface area contributed by atoms with E-state index in [1.807, 2.05) is 13.8 Å². The third-order valence-electron chi connectivity index (χ3n) is 3.11. The predicted octanol–water partition coefficient (Wildman–Crippen LogP) is 2.12. The van der Waals surface area contributed by atoms with Crippen LogP contribution in [0, 0.1) is 11.3 Å². The lowest BCUT2D eigenvalue weighted by atomic mass is 9.92. The van der Waals surface area contributed by atoms with E-state index >= 15 is 0 Å². The number of likely N-dealkylation sites (tertiary alicyclic amines) is 1. The average Bonchev–Trinajstić information content (AvgIpc) is 2.39. The molecule has 0 radical (unpaired) electrons. The maximum atomic E-state index is 12.0. The van der Waals surface area contributed by atoms with E-state index < -0.39 is 5.41 Å². The van der Waals surface area contributed by atoms with Crippen molar-refractivity contribution in [3.05, 3.63) is 0 Å². The lowest BCUT2D eigenvalue weighted by molar-refractivity contribution is -0.141. The summed E-state index contributed by atoms with van der Waals surface area (Å²) in [6, 6.07) is 0. The smallest absolute Gasteiger partial charge is 0.235 e. The van der Waals surface area contributed by atoms with E-state index in [1.165, 1.54) is 4.90 Å². The number of hydrogen-bond donors (Lipinski definition) is 1. The van der Waals surface area contributed by atoms with Gasteiger partial charge in [0.05, 0.1) is 5.41 Å². The summed E-state index contributed by atoms with van der Waals surface area (Å²) >= 11 is 4.28. The molecule has 3 nitrogen and oxygen atoms in total. The molecule has 16 heavy (non-hydrogen) atoms. The van der Waals surface area contributed by atoms with Crippen LogP contribution in [0.1, 0.15) is 40.0 Å². The van der Waals surface area contributed by atoms with E-state index in [2.05, 4.69) is 19.6 Å². The van der Waals surface area contributed by atoms with Crippen LogP contribution in [0.4, 0.5) is 0 Å². The summed E-state index contributed by atoms with van der Waals surface area (Å²) in [7, 11) is 0. The van der Waals surface area contributed by atoms with Gasteiger partial charge in [-0.15, -0.1) is 0 Å². The molecule has 1 saturated heterocycles. The standard InChI is InChI=1S/C12H21NO2S/c1-4-5-9(8-16)7-13-10(14)6-12(2,3)11(13)15/h9,16H,4-8H2,1-3H3. The van der Waals surface area contributed by atoms with Gasteiger partial charge in [-0.25, -0.2) is 0 Å². The van der Waals surface area contributed by atoms with Gasteiger partial charge in [-0.2, -0.15) is 12.6 Å². The molecule has 2 amide bonds. The molecule has 1 rings (SSSR count). The van der Waals surface area contributed by atoms with Gasteiger partial charge in [0.1, 0.15) is 0 Å². The van der Waals surface area contributed by atoms with Crippen molar-refractivity contribution < 1.29 is 9.59 Å². The van der Waals surface area contributed by atoms with Gasteiger partial charge in [0.25, 0.3) is 0 Å². The van der Waals surface area contributed by atoms with Gasteiger partial charge >= 0.3 is 0 Å². The zero-order valence-electron chi connectivity index (χ0n) is 10.3. The van der Waals surface area contributed by atoms with Crippen molar-refractivity contribution >= 4 is 24.4 Å². The molecular weight excluding hydrogens is 222 g/mol. The number of hydrogen-bond acceptors (Lipinski definition) is 3. The van der Waals surface area contributed by atoms with Crippen LogP contribution in [0.25, 0.3) is 0 Å². The lowest BCUT2D eigenvalue weighted by Gasteiger charge is -2.22. The zero-order valence-corrected chi connectivity index (χ0v) is 11.2. The Morgan fingerprint density at radius 1 is 1.44 bits per heavy atom. The Labute approximate surface area is 103 Å². The summed E-state index contributed by atoms with van der Waals surface area (Å²) in [5, 5.41) is 0. The molecule has 0 spiro atoms. The minimum atomic E-state index is -0.509. The molecule has 1 fully saturated rings. The van der Waals surface area contributed by atoms with Crippen molar-refractivity contribution in [2.45, 2.75) is 40.0 Å². The lowest BCUT2D eigenvalue weighted by Crippen LogP contribution is -2.37. The van der Waals surface area contributed by atoms with Crippen LogP contribution in [0.5, 0.6) is 0 Å². The van der Waals surface area contributed by atoms with E-state index in [-0.39, 0.29) is 11.8 Å². The zero-order chi connectivity index (χ0) is 12.3. The van der Waals surface area contributed by atoms with Crippen molar-refractivity contribution in [3.63, 3.8) is 0 Å². The highest BCUT2D eigenvalue weighted by molar-refractivity contribution is 7.80. The fourth-order valence-corrected chi connectivity index (χ4v) is 2.42. The Hall–Kier alpha value is -0.510. The van der Waals surface area contributed by atoms with Gasteiger partial charge in [0.2, 0.25) is 11.8 Å². The van der Waals surface area contributed by atoms with Crippen molar-refractivity contribution in [2.75, 3.05) is 12.3 Å². The third-order valence-corrected chi connectivity index (χ3v) is 3.63. The average molecular weight is 243 g/mol. The fraction of sp³-hybridized carbons (Fsp3) is 0.833. The minimum absolute atomic E-state index is 0.0274. The SMILES string of the molecule is CCCC(CS)CN1C(=O)CC(C)(C)C1=O. The van der Waals surface area contributed by atoms with Crippen LogP contribution in [-0.4, -0.2) is 29.0 Å². The quantitative estimate of drug-likeness (QED) is 0.593. The highest BCUT2D eigenvalue weighted by Crippen LogP contribution is 2.32. The van der Waals surface area contributed by atoms with Crippen molar-refractivity contribution in [3.8, 4) is 0 Å². The van der Waals surface area contributed by atoms with E-state index in [0.717, 1.165) is 18.6 Å². The summed E-state index contributed by atoms with van der Waals surface area (Å²) in [6.07, 6.45) is 2.42. The predicted molar refractivity (Wildman–Crippen MR) is 67.4 cm³/mol. The second-order valence-electron chi connectivity index (χ2n) is 5.21. The molecule has 0 bridgehead atoms. The molecule has 1 atom stereocenters. The first kappa shape index (κ1) is 13.6. The minimum Gasteiger partial charge on any atom is -0.282 e. The first-order valence-electron chi connectivity index (χ1n) is 5.88. The monoisotopic (exact) mass is 243 g/mol. The molecule has 0 aromatic carbocycles. The molecule has 1 heterocycles. The number of carbonyl (C=O) groups is 2. The Bertz CT molecular complexity index is 289. The molecular formula is C12H21NO2S. The number of carbonyl (C=O) groups excluding carboxylic acids is 2.